The zero-order valence-electron chi connectivity index (χ0n) is 19.2. The van der Waals surface area contributed by atoms with Gasteiger partial charge < -0.3 is 14.6 Å². The molecule has 1 aliphatic rings. The first-order valence-corrected chi connectivity index (χ1v) is 11.2. The first kappa shape index (κ1) is 23.8. The molecule has 0 radical (unpaired) electrons. The van der Waals surface area contributed by atoms with Gasteiger partial charge in [-0.25, -0.2) is 0 Å². The molecule has 0 spiro atoms. The number of aliphatic carboxylic acids is 1. The van der Waals surface area contributed by atoms with Crippen molar-refractivity contribution in [1.29, 1.82) is 0 Å². The van der Waals surface area contributed by atoms with Crippen molar-refractivity contribution < 1.29 is 27.9 Å². The van der Waals surface area contributed by atoms with Crippen LogP contribution in [0.15, 0.2) is 30.5 Å². The van der Waals surface area contributed by atoms with E-state index in [1.807, 2.05) is 6.92 Å². The lowest BCUT2D eigenvalue weighted by molar-refractivity contribution is -0.138. The van der Waals surface area contributed by atoms with Gasteiger partial charge in [0.25, 0.3) is 0 Å². The number of rotatable bonds is 7. The Kier molecular flexibility index (Phi) is 6.14. The number of carboxylic acid groups (broad SMARTS) is 1. The van der Waals surface area contributed by atoms with Crippen LogP contribution in [-0.2, 0) is 28.9 Å². The van der Waals surface area contributed by atoms with Gasteiger partial charge in [0.15, 0.2) is 0 Å². The molecule has 1 aromatic carbocycles. The largest absolute Gasteiger partial charge is 0.480 e. The summed E-state index contributed by atoms with van der Waals surface area (Å²) >= 11 is 0. The first-order chi connectivity index (χ1) is 16.0. The van der Waals surface area contributed by atoms with Gasteiger partial charge >= 0.3 is 12.1 Å². The average molecular weight is 473 g/mol. The average Bonchev–Trinajstić information content (AvgIpc) is 3.58. The molecule has 0 saturated heterocycles. The van der Waals surface area contributed by atoms with Gasteiger partial charge in [-0.3, -0.25) is 14.6 Å². The Balaban J connectivity index is 1.94. The number of carbonyl (C=O) groups excluding carboxylic acids is 1. The minimum atomic E-state index is -4.53. The van der Waals surface area contributed by atoms with E-state index in [-0.39, 0.29) is 24.9 Å². The molecule has 180 valence electrons. The van der Waals surface area contributed by atoms with Crippen molar-refractivity contribution in [2.24, 2.45) is 5.92 Å². The Hall–Kier alpha value is -3.36. The number of aromatic nitrogens is 2. The van der Waals surface area contributed by atoms with Gasteiger partial charge in [0.1, 0.15) is 6.54 Å². The van der Waals surface area contributed by atoms with Gasteiger partial charge in [0, 0.05) is 47.5 Å². The normalized spacial score (nSPS) is 13.9. The van der Waals surface area contributed by atoms with Gasteiger partial charge in [-0.1, -0.05) is 6.07 Å². The van der Waals surface area contributed by atoms with Gasteiger partial charge in [0.2, 0.25) is 5.91 Å². The summed E-state index contributed by atoms with van der Waals surface area (Å²) in [5, 5.41) is 10.1. The van der Waals surface area contributed by atoms with Crippen LogP contribution < -0.4 is 0 Å². The summed E-state index contributed by atoms with van der Waals surface area (Å²) in [7, 11) is 0. The molecule has 1 N–H and O–H groups in total. The molecule has 6 nitrogen and oxygen atoms in total. The second kappa shape index (κ2) is 8.77. The molecular formula is C25H26F3N3O3. The number of aryl methyl sites for hydroxylation is 1. The fraction of sp³-hybridized carbons (Fsp3) is 0.400. The van der Waals surface area contributed by atoms with Crippen LogP contribution in [0.1, 0.15) is 42.3 Å². The molecular weight excluding hydrogens is 447 g/mol. The van der Waals surface area contributed by atoms with Crippen LogP contribution in [0.3, 0.4) is 0 Å². The summed E-state index contributed by atoms with van der Waals surface area (Å²) in [6, 6.07) is 5.26. The van der Waals surface area contributed by atoms with Crippen LogP contribution in [0.4, 0.5) is 13.2 Å². The van der Waals surface area contributed by atoms with E-state index < -0.39 is 17.7 Å². The number of fused-ring (bicyclic) bond motifs is 1. The Morgan fingerprint density at radius 2 is 1.91 bits per heavy atom. The number of amides is 1. The van der Waals surface area contributed by atoms with E-state index in [0.717, 1.165) is 25.0 Å². The third-order valence-corrected chi connectivity index (χ3v) is 6.40. The summed E-state index contributed by atoms with van der Waals surface area (Å²) in [5.74, 6) is -1.13. The van der Waals surface area contributed by atoms with Crippen LogP contribution in [0.25, 0.3) is 22.0 Å². The number of halogens is 3. The zero-order chi connectivity index (χ0) is 24.8. The number of carboxylic acids is 1. The Labute approximate surface area is 195 Å². The van der Waals surface area contributed by atoms with E-state index in [9.17, 15) is 27.9 Å². The SMILES string of the molecule is CCN(Cc1cc(C(F)(F)F)ccc1-c1c(C)n(CC(=O)O)c2ccnc(C)c12)C(=O)C1CC1. The standard InChI is InChI=1S/C25H26F3N3O3/c1-4-30(24(34)16-5-6-16)12-17-11-18(25(26,27)28)7-8-19(17)23-15(3)31(13-21(32)33)20-9-10-29-14(2)22(20)23/h7-11,16H,4-6,12-13H2,1-3H3,(H,32,33). The Bertz CT molecular complexity index is 1280. The van der Waals surface area contributed by atoms with E-state index in [1.54, 1.807) is 35.6 Å². The highest BCUT2D eigenvalue weighted by Crippen LogP contribution is 2.41. The summed E-state index contributed by atoms with van der Waals surface area (Å²) < 4.78 is 42.4. The van der Waals surface area contributed by atoms with Gasteiger partial charge in [0.05, 0.1) is 11.1 Å². The summed E-state index contributed by atoms with van der Waals surface area (Å²) in [4.78, 5) is 30.2. The third kappa shape index (κ3) is 4.38. The van der Waals surface area contributed by atoms with Gasteiger partial charge in [-0.05, 0) is 62.9 Å². The number of benzene rings is 1. The molecule has 1 aliphatic carbocycles. The minimum absolute atomic E-state index is 0.0371. The fourth-order valence-electron chi connectivity index (χ4n) is 4.54. The first-order valence-electron chi connectivity index (χ1n) is 11.2. The topological polar surface area (TPSA) is 75.4 Å². The molecule has 2 heterocycles. The lowest BCUT2D eigenvalue weighted by Crippen LogP contribution is -2.31. The van der Waals surface area contributed by atoms with E-state index in [1.165, 1.54) is 6.07 Å². The van der Waals surface area contributed by atoms with Crippen LogP contribution in [0, 0.1) is 19.8 Å². The van der Waals surface area contributed by atoms with Gasteiger partial charge in [-0.2, -0.15) is 13.2 Å². The van der Waals surface area contributed by atoms with Crippen LogP contribution in [-0.4, -0.2) is 38.0 Å². The molecule has 1 fully saturated rings. The number of nitrogens with zero attached hydrogens (tertiary/aromatic N) is 3. The maximum absolute atomic E-state index is 13.6. The summed E-state index contributed by atoms with van der Waals surface area (Å²) in [6.45, 7) is 5.48. The number of pyridine rings is 1. The smallest absolute Gasteiger partial charge is 0.416 e. The highest BCUT2D eigenvalue weighted by molar-refractivity contribution is 6.00. The molecule has 0 unspecified atom stereocenters. The Morgan fingerprint density at radius 3 is 2.50 bits per heavy atom. The van der Waals surface area contributed by atoms with E-state index in [2.05, 4.69) is 4.98 Å². The molecule has 34 heavy (non-hydrogen) atoms. The van der Waals surface area contributed by atoms with E-state index in [0.29, 0.717) is 45.5 Å². The maximum atomic E-state index is 13.6. The zero-order valence-corrected chi connectivity index (χ0v) is 19.2. The number of carbonyl (C=O) groups is 2. The van der Waals surface area contributed by atoms with Crippen LogP contribution in [0.5, 0.6) is 0 Å². The predicted molar refractivity (Wildman–Crippen MR) is 121 cm³/mol. The van der Waals surface area contributed by atoms with Crippen LogP contribution in [0.2, 0.25) is 0 Å². The van der Waals surface area contributed by atoms with Gasteiger partial charge in [-0.15, -0.1) is 0 Å². The van der Waals surface area contributed by atoms with Crippen molar-refractivity contribution in [2.45, 2.75) is 52.9 Å². The monoisotopic (exact) mass is 473 g/mol. The van der Waals surface area contributed by atoms with E-state index >= 15 is 0 Å². The summed E-state index contributed by atoms with van der Waals surface area (Å²) in [6.07, 6.45) is -1.34. The number of alkyl halides is 3. The van der Waals surface area contributed by atoms with Crippen LogP contribution >= 0.6 is 0 Å². The van der Waals surface area contributed by atoms with Crippen molar-refractivity contribution >= 4 is 22.8 Å². The molecule has 2 aromatic heterocycles. The number of hydrogen-bond acceptors (Lipinski definition) is 3. The molecule has 9 heteroatoms. The maximum Gasteiger partial charge on any atom is 0.416 e. The molecule has 3 aromatic rings. The second-order valence-corrected chi connectivity index (χ2v) is 8.73. The lowest BCUT2D eigenvalue weighted by atomic mass is 9.94. The summed E-state index contributed by atoms with van der Waals surface area (Å²) in [5.41, 5.74) is 2.67. The molecule has 1 saturated carbocycles. The van der Waals surface area contributed by atoms with Crippen molar-refractivity contribution in [3.8, 4) is 11.1 Å². The van der Waals surface area contributed by atoms with Crippen molar-refractivity contribution in [2.75, 3.05) is 6.54 Å². The molecule has 1 amide bonds. The van der Waals surface area contributed by atoms with E-state index in [4.69, 9.17) is 0 Å². The molecule has 0 bridgehead atoms. The highest BCUT2D eigenvalue weighted by Gasteiger charge is 2.35. The molecule has 4 rings (SSSR count). The number of hydrogen-bond donors (Lipinski definition) is 1. The third-order valence-electron chi connectivity index (χ3n) is 6.40. The second-order valence-electron chi connectivity index (χ2n) is 8.73. The predicted octanol–water partition coefficient (Wildman–Crippen LogP) is 5.18. The van der Waals surface area contributed by atoms with Crippen molar-refractivity contribution in [3.05, 3.63) is 53.0 Å². The highest BCUT2D eigenvalue weighted by atomic mass is 19.4. The fourth-order valence-corrected chi connectivity index (χ4v) is 4.54. The minimum Gasteiger partial charge on any atom is -0.480 e. The molecule has 0 aliphatic heterocycles. The Morgan fingerprint density at radius 1 is 1.21 bits per heavy atom. The molecule has 0 atom stereocenters. The lowest BCUT2D eigenvalue weighted by Gasteiger charge is -2.24. The van der Waals surface area contributed by atoms with Crippen molar-refractivity contribution in [3.63, 3.8) is 0 Å². The quantitative estimate of drug-likeness (QED) is 0.513. The van der Waals surface area contributed by atoms with Crippen molar-refractivity contribution in [1.82, 2.24) is 14.5 Å².